The van der Waals surface area contributed by atoms with Crippen molar-refractivity contribution in [3.8, 4) is 0 Å². The molecule has 0 spiro atoms. The minimum atomic E-state index is -0.830. The van der Waals surface area contributed by atoms with Crippen molar-refractivity contribution in [1.82, 2.24) is 15.5 Å². The molecule has 1 aromatic carbocycles. The molecular formula is C24H37N3O4. The van der Waals surface area contributed by atoms with E-state index in [1.165, 1.54) is 0 Å². The number of ether oxygens (including phenoxy) is 1. The van der Waals surface area contributed by atoms with E-state index in [-0.39, 0.29) is 17.9 Å². The second-order valence-electron chi connectivity index (χ2n) is 10.3. The molecule has 172 valence electrons. The summed E-state index contributed by atoms with van der Waals surface area (Å²) in [5.41, 5.74) is -0.368. The molecule has 0 radical (unpaired) electrons. The molecule has 1 aliphatic rings. The number of alkyl carbamates (subject to hydrolysis) is 1. The van der Waals surface area contributed by atoms with Crippen LogP contribution in [0.3, 0.4) is 0 Å². The fourth-order valence-corrected chi connectivity index (χ4v) is 3.46. The Balaban J connectivity index is 2.34. The lowest BCUT2D eigenvalue weighted by Crippen LogP contribution is -2.58. The molecule has 0 aliphatic heterocycles. The number of benzene rings is 1. The fraction of sp³-hybridized carbons (Fsp3) is 0.625. The van der Waals surface area contributed by atoms with Crippen LogP contribution < -0.4 is 10.6 Å². The zero-order valence-corrected chi connectivity index (χ0v) is 19.8. The number of carbonyl (C=O) groups is 3. The third-order valence-electron chi connectivity index (χ3n) is 4.97. The Hall–Kier alpha value is -2.57. The van der Waals surface area contributed by atoms with Crippen LogP contribution in [-0.4, -0.2) is 46.0 Å². The van der Waals surface area contributed by atoms with Crippen LogP contribution in [0, 0.1) is 0 Å². The van der Waals surface area contributed by atoms with Crippen LogP contribution in [0.2, 0.25) is 0 Å². The van der Waals surface area contributed by atoms with Crippen LogP contribution in [0.5, 0.6) is 0 Å². The van der Waals surface area contributed by atoms with Crippen LogP contribution in [0.15, 0.2) is 30.3 Å². The summed E-state index contributed by atoms with van der Waals surface area (Å²) in [6.45, 7) is 12.7. The average Bonchev–Trinajstić information content (AvgIpc) is 2.56. The minimum Gasteiger partial charge on any atom is -0.444 e. The summed E-state index contributed by atoms with van der Waals surface area (Å²) in [7, 11) is 0. The number of carbonyl (C=O) groups excluding carboxylic acids is 3. The van der Waals surface area contributed by atoms with E-state index in [0.29, 0.717) is 0 Å². The van der Waals surface area contributed by atoms with Gasteiger partial charge in [0.1, 0.15) is 17.7 Å². The standard InChI is InChI=1S/C24H37N3O4/c1-16(25-22(30)31-24(5,6)7)21(29)27(18-14-11-15-18)19(17-12-9-8-10-13-17)20(28)26-23(2,3)4/h8-10,12-13,16,18-19H,11,14-15H2,1-7H3,(H,25,30)(H,26,28). The number of nitrogens with one attached hydrogen (secondary N) is 2. The van der Waals surface area contributed by atoms with E-state index >= 15 is 0 Å². The maximum Gasteiger partial charge on any atom is 0.408 e. The molecule has 7 heteroatoms. The second-order valence-corrected chi connectivity index (χ2v) is 10.3. The number of hydrogen-bond donors (Lipinski definition) is 2. The van der Waals surface area contributed by atoms with Crippen molar-refractivity contribution in [3.05, 3.63) is 35.9 Å². The maximum absolute atomic E-state index is 13.5. The van der Waals surface area contributed by atoms with E-state index < -0.39 is 29.3 Å². The second kappa shape index (κ2) is 9.71. The molecule has 0 saturated heterocycles. The largest absolute Gasteiger partial charge is 0.444 e. The van der Waals surface area contributed by atoms with Gasteiger partial charge in [-0.25, -0.2) is 4.79 Å². The van der Waals surface area contributed by atoms with Crippen LogP contribution in [0.4, 0.5) is 4.79 Å². The molecule has 7 nitrogen and oxygen atoms in total. The lowest BCUT2D eigenvalue weighted by molar-refractivity contribution is -0.147. The molecule has 1 saturated carbocycles. The van der Waals surface area contributed by atoms with Crippen molar-refractivity contribution in [2.24, 2.45) is 0 Å². The van der Waals surface area contributed by atoms with Gasteiger partial charge >= 0.3 is 6.09 Å². The highest BCUT2D eigenvalue weighted by molar-refractivity contribution is 5.92. The van der Waals surface area contributed by atoms with E-state index in [1.807, 2.05) is 51.1 Å². The molecule has 0 heterocycles. The van der Waals surface area contributed by atoms with E-state index in [2.05, 4.69) is 10.6 Å². The van der Waals surface area contributed by atoms with Gasteiger partial charge in [0.05, 0.1) is 0 Å². The predicted molar refractivity (Wildman–Crippen MR) is 120 cm³/mol. The zero-order chi connectivity index (χ0) is 23.4. The Morgan fingerprint density at radius 3 is 2.06 bits per heavy atom. The molecule has 1 aromatic rings. The van der Waals surface area contributed by atoms with Gasteiger partial charge in [0.2, 0.25) is 11.8 Å². The van der Waals surface area contributed by atoms with Gasteiger partial charge in [-0.1, -0.05) is 30.3 Å². The molecule has 3 amide bonds. The topological polar surface area (TPSA) is 87.7 Å². The molecule has 1 aliphatic carbocycles. The third-order valence-corrected chi connectivity index (χ3v) is 4.97. The van der Waals surface area contributed by atoms with Crippen LogP contribution >= 0.6 is 0 Å². The summed E-state index contributed by atoms with van der Waals surface area (Å²) in [4.78, 5) is 40.8. The van der Waals surface area contributed by atoms with Crippen molar-refractivity contribution in [1.29, 1.82) is 0 Å². The van der Waals surface area contributed by atoms with Crippen LogP contribution in [0.1, 0.15) is 79.3 Å². The fourth-order valence-electron chi connectivity index (χ4n) is 3.46. The van der Waals surface area contributed by atoms with Crippen molar-refractivity contribution < 1.29 is 19.1 Å². The van der Waals surface area contributed by atoms with Crippen molar-refractivity contribution >= 4 is 17.9 Å². The summed E-state index contributed by atoms with van der Waals surface area (Å²) < 4.78 is 5.30. The van der Waals surface area contributed by atoms with Gasteiger partial charge in [0.15, 0.2) is 0 Å². The van der Waals surface area contributed by atoms with Gasteiger partial charge < -0.3 is 20.3 Å². The Bertz CT molecular complexity index is 776. The quantitative estimate of drug-likeness (QED) is 0.714. The van der Waals surface area contributed by atoms with Gasteiger partial charge in [-0.15, -0.1) is 0 Å². The molecule has 1 fully saturated rings. The van der Waals surface area contributed by atoms with Crippen molar-refractivity contribution in [3.63, 3.8) is 0 Å². The smallest absolute Gasteiger partial charge is 0.408 e. The molecule has 31 heavy (non-hydrogen) atoms. The highest BCUT2D eigenvalue weighted by atomic mass is 16.6. The molecular weight excluding hydrogens is 394 g/mol. The van der Waals surface area contributed by atoms with Gasteiger partial charge in [0.25, 0.3) is 0 Å². The lowest BCUT2D eigenvalue weighted by atomic mass is 9.88. The molecule has 0 aromatic heterocycles. The first-order chi connectivity index (χ1) is 14.3. The van der Waals surface area contributed by atoms with E-state index in [9.17, 15) is 14.4 Å². The highest BCUT2D eigenvalue weighted by Gasteiger charge is 2.41. The van der Waals surface area contributed by atoms with Crippen LogP contribution in [0.25, 0.3) is 0 Å². The average molecular weight is 432 g/mol. The highest BCUT2D eigenvalue weighted by Crippen LogP contribution is 2.34. The van der Waals surface area contributed by atoms with E-state index in [4.69, 9.17) is 4.74 Å². The summed E-state index contributed by atoms with van der Waals surface area (Å²) in [5, 5.41) is 5.65. The third kappa shape index (κ3) is 7.26. The Kier molecular flexibility index (Phi) is 7.73. The number of hydrogen-bond acceptors (Lipinski definition) is 4. The summed E-state index contributed by atoms with van der Waals surface area (Å²) in [5.74, 6) is -0.531. The van der Waals surface area contributed by atoms with Crippen molar-refractivity contribution in [2.75, 3.05) is 0 Å². The molecule has 2 rings (SSSR count). The Morgan fingerprint density at radius 2 is 1.61 bits per heavy atom. The first kappa shape index (κ1) is 24.7. The molecule has 2 atom stereocenters. The lowest BCUT2D eigenvalue weighted by Gasteiger charge is -2.43. The van der Waals surface area contributed by atoms with Crippen LogP contribution in [-0.2, 0) is 14.3 Å². The number of nitrogens with zero attached hydrogens (tertiary/aromatic N) is 1. The molecule has 2 N–H and O–H groups in total. The first-order valence-electron chi connectivity index (χ1n) is 11.0. The zero-order valence-electron chi connectivity index (χ0n) is 19.8. The van der Waals surface area contributed by atoms with Gasteiger partial charge in [0, 0.05) is 11.6 Å². The molecule has 0 bridgehead atoms. The predicted octanol–water partition coefficient (Wildman–Crippen LogP) is 3.94. The molecule has 2 unspecified atom stereocenters. The summed E-state index contributed by atoms with van der Waals surface area (Å²) in [6.07, 6.45) is 2.01. The normalized spacial score (nSPS) is 16.5. The van der Waals surface area contributed by atoms with Gasteiger partial charge in [-0.2, -0.15) is 0 Å². The SMILES string of the molecule is CC(NC(=O)OC(C)(C)C)C(=O)N(C1CCC1)C(C(=O)NC(C)(C)C)c1ccccc1. The Morgan fingerprint density at radius 1 is 1.03 bits per heavy atom. The maximum atomic E-state index is 13.5. The minimum absolute atomic E-state index is 0.0497. The Labute approximate surface area is 185 Å². The van der Waals surface area contributed by atoms with E-state index in [0.717, 1.165) is 24.8 Å². The van der Waals surface area contributed by atoms with Gasteiger partial charge in [-0.3, -0.25) is 9.59 Å². The van der Waals surface area contributed by atoms with E-state index in [1.54, 1.807) is 32.6 Å². The summed E-state index contributed by atoms with van der Waals surface area (Å²) in [6, 6.07) is 7.66. The summed E-state index contributed by atoms with van der Waals surface area (Å²) >= 11 is 0. The number of amides is 3. The first-order valence-corrected chi connectivity index (χ1v) is 11.0. The monoisotopic (exact) mass is 431 g/mol. The van der Waals surface area contributed by atoms with Crippen molar-refractivity contribution in [2.45, 2.75) is 97.0 Å². The van der Waals surface area contributed by atoms with Gasteiger partial charge in [-0.05, 0) is 73.3 Å². The number of rotatable bonds is 6.